The second kappa shape index (κ2) is 3.81. The van der Waals surface area contributed by atoms with E-state index in [4.69, 9.17) is 9.52 Å². The molecule has 0 bridgehead atoms. The van der Waals surface area contributed by atoms with Gasteiger partial charge in [-0.1, -0.05) is 6.07 Å². The molecule has 2 unspecified atom stereocenters. The molecule has 2 heterocycles. The number of hydrogen-bond donors (Lipinski definition) is 4. The van der Waals surface area contributed by atoms with Crippen LogP contribution in [0.25, 0.3) is 11.1 Å². The summed E-state index contributed by atoms with van der Waals surface area (Å²) in [6.07, 6.45) is 1.36. The minimum Gasteiger partial charge on any atom is -0.480 e. The van der Waals surface area contributed by atoms with Crippen LogP contribution in [0, 0.1) is 0 Å². The van der Waals surface area contributed by atoms with Gasteiger partial charge in [0.1, 0.15) is 11.6 Å². The van der Waals surface area contributed by atoms with Crippen molar-refractivity contribution >= 4 is 17.1 Å². The van der Waals surface area contributed by atoms with Crippen molar-refractivity contribution in [2.75, 3.05) is 0 Å². The van der Waals surface area contributed by atoms with Crippen LogP contribution < -0.4 is 16.4 Å². The van der Waals surface area contributed by atoms with E-state index in [1.54, 1.807) is 12.1 Å². The normalized spacial score (nSPS) is 24.2. The lowest BCUT2D eigenvalue weighted by atomic mass is 10.0. The lowest BCUT2D eigenvalue weighted by Gasteiger charge is -2.13. The smallest absolute Gasteiger partial charge is 0.324 e. The molecule has 1 aliphatic heterocycles. The number of nitrogens with one attached hydrogen (secondary N) is 3. The molecule has 1 aliphatic rings. The predicted molar refractivity (Wildman–Crippen MR) is 57.6 cm³/mol. The Morgan fingerprint density at radius 1 is 1.41 bits per heavy atom. The van der Waals surface area contributed by atoms with Crippen molar-refractivity contribution in [2.45, 2.75) is 12.1 Å². The lowest BCUT2D eigenvalue weighted by molar-refractivity contribution is -0.139. The highest BCUT2D eigenvalue weighted by molar-refractivity contribution is 5.77. The molecule has 2 aromatic rings. The van der Waals surface area contributed by atoms with Crippen molar-refractivity contribution in [3.8, 4) is 0 Å². The predicted octanol–water partition coefficient (Wildman–Crippen LogP) is -0.0655. The van der Waals surface area contributed by atoms with Crippen LogP contribution in [0.5, 0.6) is 0 Å². The zero-order valence-corrected chi connectivity index (χ0v) is 8.68. The fraction of sp³-hybridized carbons (Fsp3) is 0.200. The Bertz CT molecular complexity index is 567. The highest BCUT2D eigenvalue weighted by Gasteiger charge is 2.33. The number of hydrazine groups is 2. The van der Waals surface area contributed by atoms with E-state index in [0.29, 0.717) is 5.58 Å². The number of hydrogen-bond acceptors (Lipinski definition) is 6. The Hall–Kier alpha value is -1.96. The first kappa shape index (κ1) is 10.2. The number of aliphatic carboxylic acids is 1. The maximum Gasteiger partial charge on any atom is 0.324 e. The molecule has 7 nitrogen and oxygen atoms in total. The molecule has 1 saturated heterocycles. The second-order valence-electron chi connectivity index (χ2n) is 3.79. The van der Waals surface area contributed by atoms with E-state index in [-0.39, 0.29) is 6.04 Å². The average molecular weight is 234 g/mol. The van der Waals surface area contributed by atoms with Crippen molar-refractivity contribution in [1.82, 2.24) is 21.4 Å². The van der Waals surface area contributed by atoms with Gasteiger partial charge < -0.3 is 9.52 Å². The van der Waals surface area contributed by atoms with Crippen LogP contribution in [0.2, 0.25) is 0 Å². The Balaban J connectivity index is 1.99. The standard InChI is InChI=1S/C10H10N4O3/c15-10(16)9-8(12-14-13-9)5-1-2-6-7(3-5)17-4-11-6/h1-4,8-9,12-14H,(H,15,16). The van der Waals surface area contributed by atoms with Crippen LogP contribution in [0.4, 0.5) is 0 Å². The summed E-state index contributed by atoms with van der Waals surface area (Å²) < 4.78 is 5.19. The van der Waals surface area contributed by atoms with Crippen LogP contribution in [0.1, 0.15) is 11.6 Å². The molecule has 7 heteroatoms. The molecule has 88 valence electrons. The molecule has 1 fully saturated rings. The number of carboxylic acid groups (broad SMARTS) is 1. The zero-order chi connectivity index (χ0) is 11.8. The quantitative estimate of drug-likeness (QED) is 0.577. The third-order valence-corrected chi connectivity index (χ3v) is 2.77. The monoisotopic (exact) mass is 234 g/mol. The summed E-state index contributed by atoms with van der Waals surface area (Å²) >= 11 is 0. The van der Waals surface area contributed by atoms with E-state index >= 15 is 0 Å². The van der Waals surface area contributed by atoms with Gasteiger partial charge in [-0.3, -0.25) is 4.79 Å². The van der Waals surface area contributed by atoms with Gasteiger partial charge in [0, 0.05) is 0 Å². The first-order valence-corrected chi connectivity index (χ1v) is 5.08. The molecule has 0 saturated carbocycles. The van der Waals surface area contributed by atoms with Gasteiger partial charge in [0.15, 0.2) is 12.0 Å². The minimum atomic E-state index is -0.926. The SMILES string of the molecule is O=C(O)C1NNNC1c1ccc2ncoc2c1. The molecule has 1 aromatic carbocycles. The van der Waals surface area contributed by atoms with Crippen LogP contribution in [0.3, 0.4) is 0 Å². The molecule has 4 N–H and O–H groups in total. The van der Waals surface area contributed by atoms with Gasteiger partial charge in [-0.25, -0.2) is 15.8 Å². The first-order valence-electron chi connectivity index (χ1n) is 5.08. The zero-order valence-electron chi connectivity index (χ0n) is 8.68. The average Bonchev–Trinajstić information content (AvgIpc) is 2.96. The maximum absolute atomic E-state index is 11.0. The van der Waals surface area contributed by atoms with Gasteiger partial charge in [-0.05, 0) is 17.7 Å². The lowest BCUT2D eigenvalue weighted by Crippen LogP contribution is -2.38. The summed E-state index contributed by atoms with van der Waals surface area (Å²) in [6, 6.07) is 4.32. The number of aromatic nitrogens is 1. The van der Waals surface area contributed by atoms with E-state index in [2.05, 4.69) is 21.4 Å². The molecule has 0 aliphatic carbocycles. The highest BCUT2D eigenvalue weighted by atomic mass is 16.4. The number of benzene rings is 1. The third kappa shape index (κ3) is 1.66. The largest absolute Gasteiger partial charge is 0.480 e. The minimum absolute atomic E-state index is 0.359. The fourth-order valence-corrected chi connectivity index (χ4v) is 1.91. The number of fused-ring (bicyclic) bond motifs is 1. The van der Waals surface area contributed by atoms with Crippen molar-refractivity contribution in [3.05, 3.63) is 30.2 Å². The summed E-state index contributed by atoms with van der Waals surface area (Å²) in [5.74, 6) is -0.926. The number of nitrogens with zero attached hydrogens (tertiary/aromatic N) is 1. The van der Waals surface area contributed by atoms with E-state index in [1.165, 1.54) is 6.39 Å². The summed E-state index contributed by atoms with van der Waals surface area (Å²) in [4.78, 5) is 15.0. The van der Waals surface area contributed by atoms with Crippen LogP contribution in [-0.4, -0.2) is 22.1 Å². The molecule has 0 amide bonds. The number of carboxylic acids is 1. The fourth-order valence-electron chi connectivity index (χ4n) is 1.91. The molecule has 1 aromatic heterocycles. The molecule has 2 atom stereocenters. The van der Waals surface area contributed by atoms with Gasteiger partial charge in [0.25, 0.3) is 0 Å². The van der Waals surface area contributed by atoms with Crippen LogP contribution >= 0.6 is 0 Å². The van der Waals surface area contributed by atoms with E-state index < -0.39 is 12.0 Å². The number of oxazole rings is 1. The first-order chi connectivity index (χ1) is 8.25. The van der Waals surface area contributed by atoms with E-state index in [9.17, 15) is 4.79 Å². The van der Waals surface area contributed by atoms with Crippen molar-refractivity contribution in [2.24, 2.45) is 0 Å². The molecule has 0 spiro atoms. The van der Waals surface area contributed by atoms with Crippen LogP contribution in [0.15, 0.2) is 29.0 Å². The molecular weight excluding hydrogens is 224 g/mol. The van der Waals surface area contributed by atoms with Gasteiger partial charge >= 0.3 is 5.97 Å². The second-order valence-corrected chi connectivity index (χ2v) is 3.79. The Morgan fingerprint density at radius 2 is 2.29 bits per heavy atom. The summed E-state index contributed by atoms with van der Waals surface area (Å²) in [7, 11) is 0. The summed E-state index contributed by atoms with van der Waals surface area (Å²) in [6.45, 7) is 0. The van der Waals surface area contributed by atoms with Crippen molar-refractivity contribution in [3.63, 3.8) is 0 Å². The highest BCUT2D eigenvalue weighted by Crippen LogP contribution is 2.23. The summed E-state index contributed by atoms with van der Waals surface area (Å²) in [5, 5.41) is 9.04. The topological polar surface area (TPSA) is 99.4 Å². The molecule has 0 radical (unpaired) electrons. The van der Waals surface area contributed by atoms with Gasteiger partial charge in [0.05, 0.1) is 6.04 Å². The third-order valence-electron chi connectivity index (χ3n) is 2.77. The van der Waals surface area contributed by atoms with Crippen molar-refractivity contribution in [1.29, 1.82) is 0 Å². The molecule has 3 rings (SSSR count). The Labute approximate surface area is 95.8 Å². The molecular formula is C10H10N4O3. The summed E-state index contributed by atoms with van der Waals surface area (Å²) in [5.41, 5.74) is 10.3. The van der Waals surface area contributed by atoms with E-state index in [0.717, 1.165) is 11.1 Å². The van der Waals surface area contributed by atoms with E-state index in [1.807, 2.05) is 6.07 Å². The van der Waals surface area contributed by atoms with Gasteiger partial charge in [-0.15, -0.1) is 0 Å². The van der Waals surface area contributed by atoms with Gasteiger partial charge in [0.2, 0.25) is 0 Å². The Kier molecular flexibility index (Phi) is 2.29. The number of carbonyl (C=O) groups is 1. The van der Waals surface area contributed by atoms with Crippen LogP contribution in [-0.2, 0) is 4.79 Å². The van der Waals surface area contributed by atoms with Crippen molar-refractivity contribution < 1.29 is 14.3 Å². The molecule has 17 heavy (non-hydrogen) atoms. The maximum atomic E-state index is 11.0. The van der Waals surface area contributed by atoms with Gasteiger partial charge in [-0.2, -0.15) is 5.53 Å². The number of rotatable bonds is 2. The Morgan fingerprint density at radius 3 is 3.12 bits per heavy atom.